The van der Waals surface area contributed by atoms with Crippen LogP contribution in [-0.4, -0.2) is 24.0 Å². The van der Waals surface area contributed by atoms with Crippen LogP contribution in [0.1, 0.15) is 12.5 Å². The number of rotatable bonds is 4. The molecule has 0 atom stereocenters. The molecule has 2 aromatic carbocycles. The fourth-order valence-electron chi connectivity index (χ4n) is 1.81. The van der Waals surface area contributed by atoms with Crippen LogP contribution in [0.2, 0.25) is 0 Å². The van der Waals surface area contributed by atoms with Gasteiger partial charge in [0.2, 0.25) is 0 Å². The Hall–Kier alpha value is -3.02. The number of nitrogens with one attached hydrogen (secondary N) is 2. The Labute approximate surface area is 128 Å². The molecule has 0 aliphatic rings. The lowest BCUT2D eigenvalue weighted by Crippen LogP contribution is -2.25. The minimum atomic E-state index is -0.465. The molecule has 0 radical (unpaired) electrons. The van der Waals surface area contributed by atoms with Gasteiger partial charge < -0.3 is 15.2 Å². The monoisotopic (exact) mass is 299 g/mol. The number of hydrogen-bond donors (Lipinski definition) is 3. The van der Waals surface area contributed by atoms with Gasteiger partial charge in [-0.15, -0.1) is 0 Å². The zero-order chi connectivity index (χ0) is 15.9. The molecule has 114 valence electrons. The Kier molecular flexibility index (Phi) is 4.98. The summed E-state index contributed by atoms with van der Waals surface area (Å²) in [5, 5.41) is 16.4. The summed E-state index contributed by atoms with van der Waals surface area (Å²) < 4.78 is 5.10. The molecular formula is C16H17N3O3. The van der Waals surface area contributed by atoms with Crippen molar-refractivity contribution in [2.24, 2.45) is 5.10 Å². The third-order valence-electron chi connectivity index (χ3n) is 2.95. The molecule has 3 N–H and O–H groups in total. The van der Waals surface area contributed by atoms with Crippen molar-refractivity contribution in [3.05, 3.63) is 54.1 Å². The number of para-hydroxylation sites is 1. The highest BCUT2D eigenvalue weighted by Gasteiger charge is 2.07. The van der Waals surface area contributed by atoms with Crippen molar-refractivity contribution in [2.75, 3.05) is 12.4 Å². The number of benzene rings is 2. The third kappa shape index (κ3) is 3.99. The number of ether oxygens (including phenoxy) is 1. The number of amides is 2. The fourth-order valence-corrected chi connectivity index (χ4v) is 1.81. The highest BCUT2D eigenvalue weighted by atomic mass is 16.5. The normalized spacial score (nSPS) is 10.9. The highest BCUT2D eigenvalue weighted by molar-refractivity contribution is 6.02. The standard InChI is InChI=1S/C16H17N3O3/c1-11(14-10-13(22-2)8-9-15(14)20)18-19-16(21)17-12-6-4-3-5-7-12/h3-10,20H,1-2H3,(H2,17,19,21)/b18-11+. The fraction of sp³-hybridized carbons (Fsp3) is 0.125. The molecule has 0 spiro atoms. The van der Waals surface area contributed by atoms with Gasteiger partial charge in [0.25, 0.3) is 0 Å². The zero-order valence-corrected chi connectivity index (χ0v) is 12.3. The predicted octanol–water partition coefficient (Wildman–Crippen LogP) is 2.95. The number of urea groups is 1. The Morgan fingerprint density at radius 2 is 1.91 bits per heavy atom. The van der Waals surface area contributed by atoms with E-state index in [9.17, 15) is 9.90 Å². The Morgan fingerprint density at radius 3 is 2.59 bits per heavy atom. The number of hydrogen-bond acceptors (Lipinski definition) is 4. The first-order chi connectivity index (χ1) is 10.6. The molecule has 0 saturated heterocycles. The van der Waals surface area contributed by atoms with Crippen molar-refractivity contribution in [3.8, 4) is 11.5 Å². The topological polar surface area (TPSA) is 83.0 Å². The van der Waals surface area contributed by atoms with Gasteiger partial charge in [-0.2, -0.15) is 5.10 Å². The zero-order valence-electron chi connectivity index (χ0n) is 12.3. The number of hydrazone groups is 1. The molecule has 6 heteroatoms. The number of methoxy groups -OCH3 is 1. The molecule has 0 aliphatic heterocycles. The maximum absolute atomic E-state index is 11.7. The number of carbonyl (C=O) groups excluding carboxylic acids is 1. The summed E-state index contributed by atoms with van der Waals surface area (Å²) in [5.41, 5.74) is 3.99. The van der Waals surface area contributed by atoms with Gasteiger partial charge in [-0.25, -0.2) is 10.2 Å². The van der Waals surface area contributed by atoms with Crippen molar-refractivity contribution in [3.63, 3.8) is 0 Å². The van der Waals surface area contributed by atoms with Crippen LogP contribution in [-0.2, 0) is 0 Å². The van der Waals surface area contributed by atoms with E-state index in [1.54, 1.807) is 31.2 Å². The van der Waals surface area contributed by atoms with E-state index < -0.39 is 6.03 Å². The summed E-state index contributed by atoms with van der Waals surface area (Å²) in [5.74, 6) is 0.656. The van der Waals surface area contributed by atoms with Crippen LogP contribution >= 0.6 is 0 Å². The molecule has 0 unspecified atom stereocenters. The van der Waals surface area contributed by atoms with E-state index in [2.05, 4.69) is 15.8 Å². The first-order valence-corrected chi connectivity index (χ1v) is 6.64. The molecule has 22 heavy (non-hydrogen) atoms. The molecule has 0 saturated carbocycles. The van der Waals surface area contributed by atoms with Crippen LogP contribution in [0.25, 0.3) is 0 Å². The predicted molar refractivity (Wildman–Crippen MR) is 85.5 cm³/mol. The summed E-state index contributed by atoms with van der Waals surface area (Å²) in [6.45, 7) is 1.68. The average molecular weight is 299 g/mol. The minimum Gasteiger partial charge on any atom is -0.507 e. The van der Waals surface area contributed by atoms with Gasteiger partial charge in [-0.3, -0.25) is 0 Å². The van der Waals surface area contributed by atoms with E-state index in [0.29, 0.717) is 22.7 Å². The average Bonchev–Trinajstić information content (AvgIpc) is 2.54. The van der Waals surface area contributed by atoms with E-state index in [1.807, 2.05) is 18.2 Å². The van der Waals surface area contributed by atoms with Gasteiger partial charge in [0.15, 0.2) is 0 Å². The summed E-state index contributed by atoms with van der Waals surface area (Å²) in [4.78, 5) is 11.7. The van der Waals surface area contributed by atoms with Gasteiger partial charge in [-0.1, -0.05) is 18.2 Å². The van der Waals surface area contributed by atoms with Crippen LogP contribution in [0.3, 0.4) is 0 Å². The quantitative estimate of drug-likeness (QED) is 0.599. The summed E-state index contributed by atoms with van der Waals surface area (Å²) in [6, 6.07) is 13.4. The molecule has 0 aliphatic carbocycles. The second-order valence-corrected chi connectivity index (χ2v) is 4.51. The number of nitrogens with zero attached hydrogens (tertiary/aromatic N) is 1. The molecule has 0 fully saturated rings. The largest absolute Gasteiger partial charge is 0.507 e. The molecular weight excluding hydrogens is 282 g/mol. The molecule has 0 heterocycles. The Morgan fingerprint density at radius 1 is 1.18 bits per heavy atom. The highest BCUT2D eigenvalue weighted by Crippen LogP contribution is 2.23. The van der Waals surface area contributed by atoms with Crippen LogP contribution in [0.4, 0.5) is 10.5 Å². The Balaban J connectivity index is 2.05. The number of phenolic OH excluding ortho intramolecular Hbond substituents is 1. The summed E-state index contributed by atoms with van der Waals surface area (Å²) >= 11 is 0. The van der Waals surface area contributed by atoms with Gasteiger partial charge in [-0.05, 0) is 37.3 Å². The van der Waals surface area contributed by atoms with Crippen molar-refractivity contribution in [2.45, 2.75) is 6.92 Å². The molecule has 0 bridgehead atoms. The molecule has 2 amide bonds. The maximum atomic E-state index is 11.7. The van der Waals surface area contributed by atoms with E-state index in [-0.39, 0.29) is 5.75 Å². The number of carbonyl (C=O) groups is 1. The number of phenols is 1. The van der Waals surface area contributed by atoms with E-state index in [1.165, 1.54) is 13.2 Å². The van der Waals surface area contributed by atoms with Gasteiger partial charge in [0.05, 0.1) is 12.8 Å². The van der Waals surface area contributed by atoms with Crippen LogP contribution in [0.5, 0.6) is 11.5 Å². The molecule has 2 rings (SSSR count). The second-order valence-electron chi connectivity index (χ2n) is 4.51. The summed E-state index contributed by atoms with van der Waals surface area (Å²) in [7, 11) is 1.54. The van der Waals surface area contributed by atoms with Crippen molar-refractivity contribution < 1.29 is 14.6 Å². The minimum absolute atomic E-state index is 0.0623. The third-order valence-corrected chi connectivity index (χ3v) is 2.95. The first kappa shape index (κ1) is 15.4. The van der Waals surface area contributed by atoms with E-state index in [4.69, 9.17) is 4.74 Å². The SMILES string of the molecule is COc1ccc(O)c(/C(C)=N/NC(=O)Nc2ccccc2)c1. The molecule has 0 aromatic heterocycles. The van der Waals surface area contributed by atoms with Crippen LogP contribution in [0, 0.1) is 0 Å². The lowest BCUT2D eigenvalue weighted by molar-refractivity contribution is 0.252. The summed E-state index contributed by atoms with van der Waals surface area (Å²) in [6.07, 6.45) is 0. The van der Waals surface area contributed by atoms with Crippen molar-refractivity contribution in [1.82, 2.24) is 5.43 Å². The first-order valence-electron chi connectivity index (χ1n) is 6.64. The molecule has 2 aromatic rings. The van der Waals surface area contributed by atoms with E-state index in [0.717, 1.165) is 0 Å². The molecule has 6 nitrogen and oxygen atoms in total. The number of aromatic hydroxyl groups is 1. The van der Waals surface area contributed by atoms with Gasteiger partial charge in [0, 0.05) is 11.3 Å². The number of anilines is 1. The second kappa shape index (κ2) is 7.12. The lowest BCUT2D eigenvalue weighted by atomic mass is 10.1. The maximum Gasteiger partial charge on any atom is 0.339 e. The van der Waals surface area contributed by atoms with Gasteiger partial charge in [0.1, 0.15) is 11.5 Å². The lowest BCUT2D eigenvalue weighted by Gasteiger charge is -2.08. The van der Waals surface area contributed by atoms with Crippen molar-refractivity contribution >= 4 is 17.4 Å². The van der Waals surface area contributed by atoms with Crippen LogP contribution in [0.15, 0.2) is 53.6 Å². The van der Waals surface area contributed by atoms with Gasteiger partial charge >= 0.3 is 6.03 Å². The van der Waals surface area contributed by atoms with E-state index >= 15 is 0 Å². The smallest absolute Gasteiger partial charge is 0.339 e. The van der Waals surface area contributed by atoms with Crippen LogP contribution < -0.4 is 15.5 Å². The van der Waals surface area contributed by atoms with Crippen molar-refractivity contribution in [1.29, 1.82) is 0 Å². The Bertz CT molecular complexity index is 684.